The quantitative estimate of drug-likeness (QED) is 0.721. The average Bonchev–Trinajstić information content (AvgIpc) is 3.17. The van der Waals surface area contributed by atoms with Crippen LogP contribution in [0.3, 0.4) is 0 Å². The third-order valence-electron chi connectivity index (χ3n) is 3.12. The first kappa shape index (κ1) is 14.8. The van der Waals surface area contributed by atoms with Gasteiger partial charge in [-0.1, -0.05) is 61.1 Å². The zero-order valence-electron chi connectivity index (χ0n) is 12.6. The molecule has 2 aromatic heterocycles. The number of thioether (sulfide) groups is 1. The van der Waals surface area contributed by atoms with Gasteiger partial charge in [-0.2, -0.15) is 4.98 Å². The van der Waals surface area contributed by atoms with Gasteiger partial charge in [0, 0.05) is 11.5 Å². The van der Waals surface area contributed by atoms with Crippen LogP contribution in [0, 0.1) is 0 Å². The first-order valence-electron chi connectivity index (χ1n) is 7.11. The Morgan fingerprint density at radius 1 is 1.09 bits per heavy atom. The van der Waals surface area contributed by atoms with Crippen molar-refractivity contribution in [2.24, 2.45) is 0 Å². The monoisotopic (exact) mass is 315 g/mol. The molecule has 3 aromatic rings. The number of nitrogens with one attached hydrogen (secondary N) is 1. The predicted molar refractivity (Wildman–Crippen MR) is 84.5 cm³/mol. The molecule has 7 heteroatoms. The molecule has 1 atom stereocenters. The van der Waals surface area contributed by atoms with E-state index in [-0.39, 0.29) is 11.2 Å². The topological polar surface area (TPSA) is 80.5 Å². The van der Waals surface area contributed by atoms with E-state index in [9.17, 15) is 0 Å². The van der Waals surface area contributed by atoms with Crippen LogP contribution in [0.25, 0.3) is 11.4 Å². The third-order valence-corrected chi connectivity index (χ3v) is 4.06. The number of H-pyrrole nitrogens is 1. The zero-order valence-corrected chi connectivity index (χ0v) is 13.5. The van der Waals surface area contributed by atoms with Gasteiger partial charge in [0.1, 0.15) is 0 Å². The maximum atomic E-state index is 5.30. The molecule has 1 aromatic carbocycles. The molecule has 2 heterocycles. The summed E-state index contributed by atoms with van der Waals surface area (Å²) in [5.74, 6) is 2.33. The summed E-state index contributed by atoms with van der Waals surface area (Å²) in [6.07, 6.45) is 0. The molecule has 22 heavy (non-hydrogen) atoms. The van der Waals surface area contributed by atoms with E-state index in [1.54, 1.807) is 0 Å². The Kier molecular flexibility index (Phi) is 4.24. The lowest BCUT2D eigenvalue weighted by atomic mass is 10.2. The predicted octanol–water partition coefficient (Wildman–Crippen LogP) is 3.83. The lowest BCUT2D eigenvalue weighted by Gasteiger charge is -2.01. The van der Waals surface area contributed by atoms with Gasteiger partial charge in [0.25, 0.3) is 0 Å². The van der Waals surface area contributed by atoms with Crippen molar-refractivity contribution in [2.45, 2.75) is 37.1 Å². The van der Waals surface area contributed by atoms with Crippen LogP contribution in [0.15, 0.2) is 40.0 Å². The van der Waals surface area contributed by atoms with Crippen molar-refractivity contribution in [3.8, 4) is 11.4 Å². The maximum absolute atomic E-state index is 5.30. The number of nitrogens with zero attached hydrogens (tertiary/aromatic N) is 4. The number of aromatic amines is 1. The molecular formula is C15H17N5OS. The smallest absolute Gasteiger partial charge is 0.239 e. The molecule has 0 amide bonds. The fourth-order valence-electron chi connectivity index (χ4n) is 1.88. The van der Waals surface area contributed by atoms with Gasteiger partial charge in [0.05, 0.1) is 5.25 Å². The molecule has 0 saturated carbocycles. The van der Waals surface area contributed by atoms with Gasteiger partial charge in [-0.3, -0.25) is 5.10 Å². The molecule has 0 fully saturated rings. The lowest BCUT2D eigenvalue weighted by Crippen LogP contribution is -1.93. The second-order valence-corrected chi connectivity index (χ2v) is 6.55. The van der Waals surface area contributed by atoms with Crippen molar-refractivity contribution in [2.75, 3.05) is 0 Å². The van der Waals surface area contributed by atoms with Gasteiger partial charge in [-0.25, -0.2) is 4.98 Å². The van der Waals surface area contributed by atoms with Gasteiger partial charge in [0.2, 0.25) is 11.0 Å². The van der Waals surface area contributed by atoms with Crippen molar-refractivity contribution in [3.63, 3.8) is 0 Å². The highest BCUT2D eigenvalue weighted by molar-refractivity contribution is 7.99. The van der Waals surface area contributed by atoms with E-state index in [4.69, 9.17) is 4.52 Å². The number of rotatable bonds is 5. The largest absolute Gasteiger partial charge is 0.338 e. The molecule has 1 N–H and O–H groups in total. The summed E-state index contributed by atoms with van der Waals surface area (Å²) < 4.78 is 5.30. The average molecular weight is 315 g/mol. The van der Waals surface area contributed by atoms with E-state index in [2.05, 4.69) is 25.3 Å². The van der Waals surface area contributed by atoms with Crippen LogP contribution in [-0.2, 0) is 0 Å². The second-order valence-electron chi connectivity index (χ2n) is 5.24. The van der Waals surface area contributed by atoms with Crippen LogP contribution in [-0.4, -0.2) is 25.3 Å². The highest BCUT2D eigenvalue weighted by Crippen LogP contribution is 2.32. The summed E-state index contributed by atoms with van der Waals surface area (Å²) >= 11 is 1.49. The Labute approximate surface area is 132 Å². The highest BCUT2D eigenvalue weighted by Gasteiger charge is 2.19. The fourth-order valence-corrected chi connectivity index (χ4v) is 2.63. The SMILES string of the molecule is CC(C)c1noc([C@H](C)Sc2n[nH]c(-c3ccccc3)n2)n1. The van der Waals surface area contributed by atoms with Gasteiger partial charge in [0.15, 0.2) is 11.6 Å². The molecular weight excluding hydrogens is 298 g/mol. The summed E-state index contributed by atoms with van der Waals surface area (Å²) in [7, 11) is 0. The molecule has 3 rings (SSSR count). The number of hydrogen-bond acceptors (Lipinski definition) is 6. The second kappa shape index (κ2) is 6.31. The molecule has 0 aliphatic rings. The van der Waals surface area contributed by atoms with Crippen molar-refractivity contribution in [1.29, 1.82) is 0 Å². The van der Waals surface area contributed by atoms with E-state index < -0.39 is 0 Å². The van der Waals surface area contributed by atoms with Crippen LogP contribution >= 0.6 is 11.8 Å². The van der Waals surface area contributed by atoms with Crippen LogP contribution in [0.5, 0.6) is 0 Å². The maximum Gasteiger partial charge on any atom is 0.239 e. The fraction of sp³-hybridized carbons (Fsp3) is 0.333. The van der Waals surface area contributed by atoms with Crippen molar-refractivity contribution in [3.05, 3.63) is 42.0 Å². The Morgan fingerprint density at radius 2 is 1.86 bits per heavy atom. The normalized spacial score (nSPS) is 12.7. The first-order chi connectivity index (χ1) is 10.6. The Morgan fingerprint density at radius 3 is 2.55 bits per heavy atom. The third kappa shape index (κ3) is 3.19. The standard InChI is InChI=1S/C15H17N5OS/c1-9(2)12-16-14(21-20-12)10(3)22-15-17-13(18-19-15)11-7-5-4-6-8-11/h4-10H,1-3H3,(H,17,18,19)/t10-/m0/s1. The van der Waals surface area contributed by atoms with E-state index in [1.807, 2.05) is 51.1 Å². The summed E-state index contributed by atoms with van der Waals surface area (Å²) in [5, 5.41) is 11.8. The van der Waals surface area contributed by atoms with E-state index >= 15 is 0 Å². The molecule has 0 saturated heterocycles. The minimum Gasteiger partial charge on any atom is -0.338 e. The molecule has 0 radical (unpaired) electrons. The minimum absolute atomic E-state index is 0.000534. The van der Waals surface area contributed by atoms with Crippen molar-refractivity contribution >= 4 is 11.8 Å². The first-order valence-corrected chi connectivity index (χ1v) is 7.99. The summed E-state index contributed by atoms with van der Waals surface area (Å²) in [6, 6.07) is 9.90. The van der Waals surface area contributed by atoms with Gasteiger partial charge < -0.3 is 4.52 Å². The van der Waals surface area contributed by atoms with Crippen molar-refractivity contribution < 1.29 is 4.52 Å². The zero-order chi connectivity index (χ0) is 15.5. The van der Waals surface area contributed by atoms with Crippen LogP contribution in [0.1, 0.15) is 43.7 Å². The number of benzene rings is 1. The van der Waals surface area contributed by atoms with Crippen LogP contribution < -0.4 is 0 Å². The minimum atomic E-state index is -0.000534. The Balaban J connectivity index is 1.71. The van der Waals surface area contributed by atoms with E-state index in [0.29, 0.717) is 11.0 Å². The lowest BCUT2D eigenvalue weighted by molar-refractivity contribution is 0.373. The molecule has 6 nitrogen and oxygen atoms in total. The van der Waals surface area contributed by atoms with Gasteiger partial charge in [-0.05, 0) is 6.92 Å². The molecule has 0 aliphatic carbocycles. The van der Waals surface area contributed by atoms with E-state index in [1.165, 1.54) is 11.8 Å². The molecule has 0 spiro atoms. The number of aromatic nitrogens is 5. The van der Waals surface area contributed by atoms with Gasteiger partial charge >= 0.3 is 0 Å². The molecule has 114 valence electrons. The highest BCUT2D eigenvalue weighted by atomic mass is 32.2. The Bertz CT molecular complexity index is 737. The summed E-state index contributed by atoms with van der Waals surface area (Å²) in [6.45, 7) is 6.07. The van der Waals surface area contributed by atoms with E-state index in [0.717, 1.165) is 17.2 Å². The summed E-state index contributed by atoms with van der Waals surface area (Å²) in [5.41, 5.74) is 1.01. The Hall–Kier alpha value is -2.15. The number of hydrogen-bond donors (Lipinski definition) is 1. The van der Waals surface area contributed by atoms with Gasteiger partial charge in [-0.15, -0.1) is 5.10 Å². The molecule has 0 unspecified atom stereocenters. The van der Waals surface area contributed by atoms with Crippen LogP contribution in [0.4, 0.5) is 0 Å². The molecule has 0 aliphatic heterocycles. The van der Waals surface area contributed by atoms with Crippen LogP contribution in [0.2, 0.25) is 0 Å². The molecule has 0 bridgehead atoms. The summed E-state index contributed by atoms with van der Waals surface area (Å²) in [4.78, 5) is 8.90. The van der Waals surface area contributed by atoms with Crippen molar-refractivity contribution in [1.82, 2.24) is 25.3 Å².